The van der Waals surface area contributed by atoms with Crippen molar-refractivity contribution in [3.8, 4) is 5.75 Å². The van der Waals surface area contributed by atoms with Crippen LogP contribution in [0.1, 0.15) is 5.56 Å². The predicted molar refractivity (Wildman–Crippen MR) is 89.6 cm³/mol. The largest absolute Gasteiger partial charge is 0.506 e. The third-order valence-corrected chi connectivity index (χ3v) is 4.13. The molecule has 0 atom stereocenters. The summed E-state index contributed by atoms with van der Waals surface area (Å²) in [5.41, 5.74) is 1.13. The summed E-state index contributed by atoms with van der Waals surface area (Å²) in [6.45, 7) is 0.285. The third-order valence-electron chi connectivity index (χ3n) is 2.57. The molecule has 0 bridgehead atoms. The molecular weight excluding hydrogens is 408 g/mol. The van der Waals surface area contributed by atoms with Crippen molar-refractivity contribution in [1.29, 1.82) is 0 Å². The quantitative estimate of drug-likeness (QED) is 0.609. The number of hydrogen-bond acceptors (Lipinski definition) is 2. The van der Waals surface area contributed by atoms with Crippen molar-refractivity contribution in [2.24, 2.45) is 0 Å². The first-order chi connectivity index (χ1) is 9.38. The fourth-order valence-electron chi connectivity index (χ4n) is 1.65. The maximum absolute atomic E-state index is 9.88. The van der Waals surface area contributed by atoms with Gasteiger partial charge in [0.25, 0.3) is 0 Å². The molecule has 2 aromatic carbocycles. The SMILES string of the molecule is Oc1c(Cl)cc(Cl)cc1CNc1c(Cl)cc(Br)cc1Cl. The van der Waals surface area contributed by atoms with Gasteiger partial charge in [0.1, 0.15) is 5.75 Å². The Bertz CT molecular complexity index is 640. The zero-order chi connectivity index (χ0) is 14.9. The van der Waals surface area contributed by atoms with Gasteiger partial charge >= 0.3 is 0 Å². The van der Waals surface area contributed by atoms with Gasteiger partial charge in [0.05, 0.1) is 20.8 Å². The Labute approximate surface area is 144 Å². The van der Waals surface area contributed by atoms with Crippen LogP contribution in [0.4, 0.5) is 5.69 Å². The normalized spacial score (nSPS) is 10.7. The average Bonchev–Trinajstić information content (AvgIpc) is 2.33. The Kier molecular flexibility index (Phi) is 5.32. The van der Waals surface area contributed by atoms with Gasteiger partial charge in [-0.1, -0.05) is 62.3 Å². The second-order valence-corrected chi connectivity index (χ2v) is 6.57. The zero-order valence-corrected chi connectivity index (χ0v) is 14.5. The summed E-state index contributed by atoms with van der Waals surface area (Å²) in [6.07, 6.45) is 0. The molecule has 0 aromatic heterocycles. The number of benzene rings is 2. The smallest absolute Gasteiger partial charge is 0.139 e. The molecule has 0 radical (unpaired) electrons. The number of phenolic OH excluding ortho intramolecular Hbond substituents is 1. The molecule has 7 heteroatoms. The van der Waals surface area contributed by atoms with Crippen molar-refractivity contribution in [1.82, 2.24) is 0 Å². The van der Waals surface area contributed by atoms with Crippen molar-refractivity contribution >= 4 is 68.0 Å². The number of anilines is 1. The van der Waals surface area contributed by atoms with E-state index in [2.05, 4.69) is 21.2 Å². The van der Waals surface area contributed by atoms with E-state index < -0.39 is 0 Å². The number of phenols is 1. The van der Waals surface area contributed by atoms with Gasteiger partial charge in [-0.25, -0.2) is 0 Å². The molecule has 0 heterocycles. The van der Waals surface area contributed by atoms with E-state index in [4.69, 9.17) is 46.4 Å². The highest BCUT2D eigenvalue weighted by molar-refractivity contribution is 9.10. The Hall–Kier alpha value is -0.320. The molecule has 2 N–H and O–H groups in total. The Balaban J connectivity index is 2.26. The predicted octanol–water partition coefficient (Wildman–Crippen LogP) is 6.38. The lowest BCUT2D eigenvalue weighted by Gasteiger charge is -2.13. The topological polar surface area (TPSA) is 32.3 Å². The van der Waals surface area contributed by atoms with Crippen molar-refractivity contribution < 1.29 is 5.11 Å². The Morgan fingerprint density at radius 2 is 1.55 bits per heavy atom. The van der Waals surface area contributed by atoms with E-state index >= 15 is 0 Å². The van der Waals surface area contributed by atoms with Crippen molar-refractivity contribution in [3.05, 3.63) is 54.4 Å². The van der Waals surface area contributed by atoms with Crippen LogP contribution in [0.15, 0.2) is 28.7 Å². The highest BCUT2D eigenvalue weighted by atomic mass is 79.9. The summed E-state index contributed by atoms with van der Waals surface area (Å²) in [6, 6.07) is 6.54. The van der Waals surface area contributed by atoms with Crippen LogP contribution in [0.3, 0.4) is 0 Å². The molecule has 2 nitrogen and oxygen atoms in total. The van der Waals surface area contributed by atoms with Crippen LogP contribution in [-0.4, -0.2) is 5.11 Å². The van der Waals surface area contributed by atoms with E-state index in [1.54, 1.807) is 18.2 Å². The summed E-state index contributed by atoms with van der Waals surface area (Å²) in [5, 5.41) is 14.5. The molecule has 0 aliphatic rings. The Morgan fingerprint density at radius 3 is 2.15 bits per heavy atom. The highest BCUT2D eigenvalue weighted by Gasteiger charge is 2.11. The molecule has 0 aliphatic heterocycles. The molecule has 2 aromatic rings. The van der Waals surface area contributed by atoms with Crippen LogP contribution in [0.5, 0.6) is 5.75 Å². The van der Waals surface area contributed by atoms with Crippen LogP contribution in [0, 0.1) is 0 Å². The second-order valence-electron chi connectivity index (χ2n) is 3.99. The molecule has 0 aliphatic carbocycles. The first-order valence-corrected chi connectivity index (χ1v) is 7.74. The van der Waals surface area contributed by atoms with Gasteiger partial charge < -0.3 is 10.4 Å². The number of hydrogen-bond donors (Lipinski definition) is 2. The van der Waals surface area contributed by atoms with Gasteiger partial charge in [-0.3, -0.25) is 0 Å². The molecule has 20 heavy (non-hydrogen) atoms. The average molecular weight is 416 g/mol. The number of halogens is 5. The lowest BCUT2D eigenvalue weighted by molar-refractivity contribution is 0.469. The summed E-state index contributed by atoms with van der Waals surface area (Å²) >= 11 is 27.3. The summed E-state index contributed by atoms with van der Waals surface area (Å²) in [7, 11) is 0. The molecule has 0 saturated heterocycles. The lowest BCUT2D eigenvalue weighted by Crippen LogP contribution is -2.01. The molecule has 106 valence electrons. The molecule has 0 amide bonds. The fourth-order valence-corrected chi connectivity index (χ4v) is 3.53. The number of rotatable bonds is 3. The van der Waals surface area contributed by atoms with Gasteiger partial charge in [0.2, 0.25) is 0 Å². The first kappa shape index (κ1) is 16.1. The molecule has 0 spiro atoms. The van der Waals surface area contributed by atoms with Crippen LogP contribution in [-0.2, 0) is 6.54 Å². The van der Waals surface area contributed by atoms with Crippen molar-refractivity contribution in [2.75, 3.05) is 5.32 Å². The summed E-state index contributed by atoms with van der Waals surface area (Å²) in [5.74, 6) is -0.0204. The van der Waals surface area contributed by atoms with Crippen LogP contribution < -0.4 is 5.32 Å². The highest BCUT2D eigenvalue weighted by Crippen LogP contribution is 2.36. The standard InChI is InChI=1S/C13H8BrCl4NO/c14-7-2-9(16)12(10(17)3-7)19-5-6-1-8(15)4-11(18)13(6)20/h1-4,19-20H,5H2. The molecular formula is C13H8BrCl4NO. The van der Waals surface area contributed by atoms with E-state index in [0.717, 1.165) is 4.47 Å². The monoisotopic (exact) mass is 413 g/mol. The minimum Gasteiger partial charge on any atom is -0.506 e. The zero-order valence-electron chi connectivity index (χ0n) is 9.85. The maximum Gasteiger partial charge on any atom is 0.139 e. The van der Waals surface area contributed by atoms with Gasteiger partial charge in [-0.2, -0.15) is 0 Å². The second kappa shape index (κ2) is 6.63. The van der Waals surface area contributed by atoms with Crippen LogP contribution >= 0.6 is 62.3 Å². The van der Waals surface area contributed by atoms with E-state index in [1.165, 1.54) is 6.07 Å². The van der Waals surface area contributed by atoms with Crippen molar-refractivity contribution in [2.45, 2.75) is 6.54 Å². The minimum absolute atomic E-state index is 0.0204. The minimum atomic E-state index is -0.0204. The first-order valence-electron chi connectivity index (χ1n) is 5.44. The van der Waals surface area contributed by atoms with E-state index in [0.29, 0.717) is 26.3 Å². The summed E-state index contributed by atoms with van der Waals surface area (Å²) < 4.78 is 0.784. The van der Waals surface area contributed by atoms with E-state index in [-0.39, 0.29) is 17.3 Å². The Morgan fingerprint density at radius 1 is 0.950 bits per heavy atom. The van der Waals surface area contributed by atoms with Gasteiger partial charge in [0, 0.05) is 21.6 Å². The van der Waals surface area contributed by atoms with Gasteiger partial charge in [-0.15, -0.1) is 0 Å². The number of nitrogens with one attached hydrogen (secondary N) is 1. The molecule has 0 fully saturated rings. The van der Waals surface area contributed by atoms with Crippen LogP contribution in [0.2, 0.25) is 20.1 Å². The molecule has 2 rings (SSSR count). The van der Waals surface area contributed by atoms with Gasteiger partial charge in [-0.05, 0) is 24.3 Å². The van der Waals surface area contributed by atoms with Gasteiger partial charge in [0.15, 0.2) is 0 Å². The van der Waals surface area contributed by atoms with E-state index in [1.807, 2.05) is 0 Å². The molecule has 0 saturated carbocycles. The molecule has 0 unspecified atom stereocenters. The fraction of sp³-hybridized carbons (Fsp3) is 0.0769. The number of aromatic hydroxyl groups is 1. The van der Waals surface area contributed by atoms with Crippen molar-refractivity contribution in [3.63, 3.8) is 0 Å². The summed E-state index contributed by atoms with van der Waals surface area (Å²) in [4.78, 5) is 0. The third kappa shape index (κ3) is 3.66. The maximum atomic E-state index is 9.88. The van der Waals surface area contributed by atoms with E-state index in [9.17, 15) is 5.11 Å². The lowest BCUT2D eigenvalue weighted by atomic mass is 10.2. The van der Waals surface area contributed by atoms with Crippen LogP contribution in [0.25, 0.3) is 0 Å².